The van der Waals surface area contributed by atoms with Crippen LogP contribution in [0.1, 0.15) is 24.8 Å². The lowest BCUT2D eigenvalue weighted by atomic mass is 10.0. The molecule has 0 aliphatic carbocycles. The van der Waals surface area contributed by atoms with Gasteiger partial charge in [0.05, 0.1) is 11.8 Å². The lowest BCUT2D eigenvalue weighted by Crippen LogP contribution is -2.44. The van der Waals surface area contributed by atoms with E-state index in [1.807, 2.05) is 30.3 Å². The number of benzene rings is 2. The number of hydrogen-bond donors (Lipinski definition) is 0. The fourth-order valence-electron chi connectivity index (χ4n) is 3.93. The molecule has 2 heterocycles. The van der Waals surface area contributed by atoms with Gasteiger partial charge in [-0.3, -0.25) is 0 Å². The molecule has 26 heavy (non-hydrogen) atoms. The molecule has 5 heteroatoms. The molecule has 4 nitrogen and oxygen atoms in total. The molecule has 0 saturated carbocycles. The number of rotatable bonds is 3. The Balaban J connectivity index is 1.60. The van der Waals surface area contributed by atoms with Crippen molar-refractivity contribution in [2.45, 2.75) is 31.8 Å². The van der Waals surface area contributed by atoms with Gasteiger partial charge < -0.3 is 14.5 Å². The van der Waals surface area contributed by atoms with Crippen LogP contribution in [0.25, 0.3) is 0 Å². The van der Waals surface area contributed by atoms with Crippen molar-refractivity contribution < 1.29 is 4.74 Å². The molecule has 2 aromatic carbocycles. The van der Waals surface area contributed by atoms with Gasteiger partial charge in [-0.05, 0) is 43.2 Å². The summed E-state index contributed by atoms with van der Waals surface area (Å²) >= 11 is 6.24. The molecule has 0 amide bonds. The van der Waals surface area contributed by atoms with Crippen LogP contribution in [0.15, 0.2) is 42.5 Å². The minimum atomic E-state index is 0.461. The van der Waals surface area contributed by atoms with E-state index in [4.69, 9.17) is 21.6 Å². The summed E-state index contributed by atoms with van der Waals surface area (Å²) in [6.45, 7) is 3.75. The van der Waals surface area contributed by atoms with Gasteiger partial charge in [-0.25, -0.2) is 0 Å². The van der Waals surface area contributed by atoms with Gasteiger partial charge >= 0.3 is 0 Å². The lowest BCUT2D eigenvalue weighted by Gasteiger charge is -2.39. The number of ether oxygens (including phenoxy) is 1. The second-order valence-electron chi connectivity index (χ2n) is 6.93. The number of fused-ring (bicyclic) bond motifs is 2. The molecule has 1 fully saturated rings. The maximum Gasteiger partial charge on any atom is 0.150 e. The Hall–Kier alpha value is -2.22. The van der Waals surface area contributed by atoms with Gasteiger partial charge in [-0.1, -0.05) is 23.7 Å². The summed E-state index contributed by atoms with van der Waals surface area (Å²) in [7, 11) is 0. The largest absolute Gasteiger partial charge is 0.455 e. The number of halogens is 1. The minimum absolute atomic E-state index is 0.461. The van der Waals surface area contributed by atoms with Crippen LogP contribution >= 0.6 is 11.6 Å². The van der Waals surface area contributed by atoms with Gasteiger partial charge in [0.1, 0.15) is 5.75 Å². The number of nitrogens with zero attached hydrogens (tertiary/aromatic N) is 3. The fraction of sp³-hybridized carbons (Fsp3) is 0.381. The molecule has 0 atom stereocenters. The second-order valence-corrected chi connectivity index (χ2v) is 7.37. The van der Waals surface area contributed by atoms with Crippen molar-refractivity contribution in [2.75, 3.05) is 24.5 Å². The van der Waals surface area contributed by atoms with Crippen molar-refractivity contribution in [1.82, 2.24) is 4.90 Å². The highest BCUT2D eigenvalue weighted by Gasteiger charge is 2.29. The van der Waals surface area contributed by atoms with E-state index in [1.54, 1.807) is 0 Å². The molecular formula is C21H22ClN3O. The van der Waals surface area contributed by atoms with Crippen LogP contribution in [0.3, 0.4) is 0 Å². The summed E-state index contributed by atoms with van der Waals surface area (Å²) in [6, 6.07) is 16.8. The first-order chi connectivity index (χ1) is 12.7. The molecule has 0 spiro atoms. The van der Waals surface area contributed by atoms with E-state index in [9.17, 15) is 0 Å². The molecular weight excluding hydrogens is 346 g/mol. The first-order valence-electron chi connectivity index (χ1n) is 9.16. The third-order valence-corrected chi connectivity index (χ3v) is 5.53. The molecule has 4 rings (SSSR count). The van der Waals surface area contributed by atoms with Crippen LogP contribution in [0, 0.1) is 11.3 Å². The third kappa shape index (κ3) is 3.51. The Morgan fingerprint density at radius 1 is 1.12 bits per heavy atom. The molecule has 0 aromatic heterocycles. The van der Waals surface area contributed by atoms with Crippen molar-refractivity contribution in [1.29, 1.82) is 5.26 Å². The van der Waals surface area contributed by atoms with Crippen LogP contribution in [0.4, 0.5) is 5.69 Å². The number of hydrogen-bond acceptors (Lipinski definition) is 4. The highest BCUT2D eigenvalue weighted by atomic mass is 35.5. The maximum absolute atomic E-state index is 8.80. The van der Waals surface area contributed by atoms with Gasteiger partial charge in [-0.15, -0.1) is 0 Å². The zero-order valence-electron chi connectivity index (χ0n) is 14.7. The summed E-state index contributed by atoms with van der Waals surface area (Å²) in [5, 5.41) is 9.54. The molecule has 0 bridgehead atoms. The first-order valence-corrected chi connectivity index (χ1v) is 9.53. The molecule has 1 saturated heterocycles. The fourth-order valence-corrected chi connectivity index (χ4v) is 4.12. The quantitative estimate of drug-likeness (QED) is 0.778. The predicted molar refractivity (Wildman–Crippen MR) is 104 cm³/mol. The minimum Gasteiger partial charge on any atom is -0.455 e. The van der Waals surface area contributed by atoms with E-state index in [-0.39, 0.29) is 0 Å². The van der Waals surface area contributed by atoms with Crippen molar-refractivity contribution in [3.63, 3.8) is 0 Å². The predicted octanol–water partition coefficient (Wildman–Crippen LogP) is 4.83. The number of piperidine rings is 1. The zero-order valence-corrected chi connectivity index (χ0v) is 15.5. The molecule has 2 aromatic rings. The molecule has 0 N–H and O–H groups in total. The van der Waals surface area contributed by atoms with Crippen LogP contribution in [-0.4, -0.2) is 30.6 Å². The summed E-state index contributed by atoms with van der Waals surface area (Å²) < 4.78 is 6.21. The SMILES string of the molecule is N#CCCN1CCC(N2Cc3cc(Cl)ccc3Oc3ccccc32)CC1. The third-order valence-electron chi connectivity index (χ3n) is 5.30. The lowest BCUT2D eigenvalue weighted by molar-refractivity contribution is 0.212. The first kappa shape index (κ1) is 17.2. The van der Waals surface area contributed by atoms with E-state index in [2.05, 4.69) is 28.0 Å². The Morgan fingerprint density at radius 3 is 2.73 bits per heavy atom. The van der Waals surface area contributed by atoms with E-state index >= 15 is 0 Å². The number of anilines is 1. The Labute approximate surface area is 159 Å². The maximum atomic E-state index is 8.80. The van der Waals surface area contributed by atoms with Gasteiger partial charge in [-0.2, -0.15) is 5.26 Å². The van der Waals surface area contributed by atoms with Gasteiger partial charge in [0.15, 0.2) is 5.75 Å². The molecule has 0 radical (unpaired) electrons. The van der Waals surface area contributed by atoms with Crippen molar-refractivity contribution in [3.8, 4) is 17.6 Å². The highest BCUT2D eigenvalue weighted by molar-refractivity contribution is 6.30. The van der Waals surface area contributed by atoms with E-state index < -0.39 is 0 Å². The van der Waals surface area contributed by atoms with E-state index in [1.165, 1.54) is 0 Å². The number of para-hydroxylation sites is 2. The van der Waals surface area contributed by atoms with Crippen LogP contribution in [-0.2, 0) is 6.54 Å². The number of nitriles is 1. The van der Waals surface area contributed by atoms with E-state index in [0.717, 1.165) is 66.8 Å². The normalized spacial score (nSPS) is 17.6. The average Bonchev–Trinajstić information content (AvgIpc) is 2.83. The summed E-state index contributed by atoms with van der Waals surface area (Å²) in [6.07, 6.45) is 2.79. The summed E-state index contributed by atoms with van der Waals surface area (Å²) in [5.41, 5.74) is 2.27. The zero-order chi connectivity index (χ0) is 17.9. The monoisotopic (exact) mass is 367 g/mol. The summed E-state index contributed by atoms with van der Waals surface area (Å²) in [5.74, 6) is 1.79. The molecule has 2 aliphatic heterocycles. The molecule has 2 aliphatic rings. The van der Waals surface area contributed by atoms with E-state index in [0.29, 0.717) is 12.5 Å². The molecule has 134 valence electrons. The standard InChI is InChI=1S/C21H22ClN3O/c22-17-6-7-20-16(14-17)15-25(19-4-1-2-5-21(19)26-20)18-8-12-24(13-9-18)11-3-10-23/h1-2,4-7,14,18H,3,8-9,11-13,15H2. The van der Waals surface area contributed by atoms with Gasteiger partial charge in [0.25, 0.3) is 0 Å². The summed E-state index contributed by atoms with van der Waals surface area (Å²) in [4.78, 5) is 4.86. The van der Waals surface area contributed by atoms with Crippen molar-refractivity contribution in [2.24, 2.45) is 0 Å². The van der Waals surface area contributed by atoms with Crippen LogP contribution in [0.5, 0.6) is 11.5 Å². The topological polar surface area (TPSA) is 39.5 Å². The Kier molecular flexibility index (Phi) is 5.01. The van der Waals surface area contributed by atoms with Crippen LogP contribution < -0.4 is 9.64 Å². The smallest absolute Gasteiger partial charge is 0.150 e. The van der Waals surface area contributed by atoms with Crippen molar-refractivity contribution >= 4 is 17.3 Å². The average molecular weight is 368 g/mol. The Bertz CT molecular complexity index is 824. The van der Waals surface area contributed by atoms with Crippen molar-refractivity contribution in [3.05, 3.63) is 53.1 Å². The van der Waals surface area contributed by atoms with Crippen LogP contribution in [0.2, 0.25) is 5.02 Å². The second kappa shape index (κ2) is 7.57. The van der Waals surface area contributed by atoms with Gasteiger partial charge in [0.2, 0.25) is 0 Å². The van der Waals surface area contributed by atoms with Gasteiger partial charge in [0, 0.05) is 49.2 Å². The number of likely N-dealkylation sites (tertiary alicyclic amines) is 1. The molecule has 0 unspecified atom stereocenters. The Morgan fingerprint density at radius 2 is 1.92 bits per heavy atom. The highest BCUT2D eigenvalue weighted by Crippen LogP contribution is 2.41.